The van der Waals surface area contributed by atoms with E-state index >= 15 is 0 Å². The molecule has 1 fully saturated rings. The number of hydrogen-bond donors (Lipinski definition) is 0. The van der Waals surface area contributed by atoms with Gasteiger partial charge in [0.2, 0.25) is 0 Å². The summed E-state index contributed by atoms with van der Waals surface area (Å²) >= 11 is 1.43. The van der Waals surface area contributed by atoms with Crippen molar-refractivity contribution in [1.82, 2.24) is 4.90 Å². The maximum Gasteiger partial charge on any atom is 0.343 e. The highest BCUT2D eigenvalue weighted by atomic mass is 32.2. The number of hydrogen-bond acceptors (Lipinski definition) is 7. The van der Waals surface area contributed by atoms with Crippen LogP contribution in [-0.4, -0.2) is 42.1 Å². The molecule has 0 spiro atoms. The van der Waals surface area contributed by atoms with E-state index in [1.54, 1.807) is 24.3 Å². The molecule has 0 saturated carbocycles. The molecule has 2 aliphatic rings. The van der Waals surface area contributed by atoms with Gasteiger partial charge in [0.15, 0.2) is 0 Å². The van der Waals surface area contributed by atoms with E-state index in [1.165, 1.54) is 17.8 Å². The summed E-state index contributed by atoms with van der Waals surface area (Å²) in [4.78, 5) is 28.6. The van der Waals surface area contributed by atoms with Crippen molar-refractivity contribution in [3.63, 3.8) is 0 Å². The van der Waals surface area contributed by atoms with Crippen molar-refractivity contribution in [3.05, 3.63) is 122 Å². The summed E-state index contributed by atoms with van der Waals surface area (Å²) in [6, 6.07) is 25.5. The largest absolute Gasteiger partial charge is 0.422 e. The molecular weight excluding hydrogens is 500 g/mol. The van der Waals surface area contributed by atoms with E-state index in [9.17, 15) is 14.9 Å². The molecule has 3 aromatic rings. The molecule has 0 amide bonds. The van der Waals surface area contributed by atoms with Gasteiger partial charge in [0.05, 0.1) is 34.3 Å². The Hall–Kier alpha value is -3.88. The van der Waals surface area contributed by atoms with E-state index in [1.807, 2.05) is 54.6 Å². The summed E-state index contributed by atoms with van der Waals surface area (Å²) in [5, 5.41) is 11.7. The number of para-hydroxylation sites is 1. The Balaban J connectivity index is 1.66. The van der Waals surface area contributed by atoms with E-state index < -0.39 is 5.97 Å². The van der Waals surface area contributed by atoms with Crippen LogP contribution in [0.3, 0.4) is 0 Å². The highest BCUT2D eigenvalue weighted by Crippen LogP contribution is 2.46. The van der Waals surface area contributed by atoms with Gasteiger partial charge < -0.3 is 14.4 Å². The number of rotatable bonds is 7. The van der Waals surface area contributed by atoms with Gasteiger partial charge in [-0.05, 0) is 37.5 Å². The van der Waals surface area contributed by atoms with E-state index in [2.05, 4.69) is 4.90 Å². The smallest absolute Gasteiger partial charge is 0.343 e. The van der Waals surface area contributed by atoms with Crippen LogP contribution in [-0.2, 0) is 9.47 Å². The summed E-state index contributed by atoms with van der Waals surface area (Å²) in [6.45, 7) is 2.55. The molecule has 0 N–H and O–H groups in total. The van der Waals surface area contributed by atoms with Crippen LogP contribution in [0, 0.1) is 10.1 Å². The number of benzene rings is 3. The van der Waals surface area contributed by atoms with E-state index in [4.69, 9.17) is 9.47 Å². The van der Waals surface area contributed by atoms with Crippen LogP contribution in [0.2, 0.25) is 0 Å². The van der Waals surface area contributed by atoms with Gasteiger partial charge in [0.1, 0.15) is 5.76 Å². The first-order valence-electron chi connectivity index (χ1n) is 12.6. The highest BCUT2D eigenvalue weighted by Gasteiger charge is 2.30. The Morgan fingerprint density at radius 2 is 1.50 bits per heavy atom. The van der Waals surface area contributed by atoms with Gasteiger partial charge in [0, 0.05) is 35.2 Å². The lowest BCUT2D eigenvalue weighted by atomic mass is 9.93. The normalized spacial score (nSPS) is 17.2. The standard InChI is InChI=1S/C30H28N2O5S/c33-30(23-12-5-2-6-13-23)37-29(22-10-3-1-4-11-22)24-14-9-17-27(28(24)31-18-20-36-21-19-31)38-26-16-8-7-15-25(26)32(34)35/h1-8,10-13,15-16H,9,14,17-21H2/b29-24-. The molecular formula is C30H28N2O5S. The van der Waals surface area contributed by atoms with E-state index in [0.29, 0.717) is 42.5 Å². The zero-order valence-electron chi connectivity index (χ0n) is 20.9. The Kier molecular flexibility index (Phi) is 8.21. The van der Waals surface area contributed by atoms with Gasteiger partial charge in [0.25, 0.3) is 5.69 Å². The summed E-state index contributed by atoms with van der Waals surface area (Å²) in [5.74, 6) is 0.109. The highest BCUT2D eigenvalue weighted by molar-refractivity contribution is 8.03. The molecule has 0 radical (unpaired) electrons. The van der Waals surface area contributed by atoms with Crippen molar-refractivity contribution in [2.75, 3.05) is 26.3 Å². The first-order chi connectivity index (χ1) is 18.6. The number of esters is 1. The molecule has 7 nitrogen and oxygen atoms in total. The van der Waals surface area contributed by atoms with Gasteiger partial charge in [-0.15, -0.1) is 0 Å². The molecule has 1 heterocycles. The average Bonchev–Trinajstić information content (AvgIpc) is 2.97. The lowest BCUT2D eigenvalue weighted by molar-refractivity contribution is -0.387. The molecule has 0 bridgehead atoms. The molecule has 1 aliphatic heterocycles. The fourth-order valence-electron chi connectivity index (χ4n) is 4.74. The van der Waals surface area contributed by atoms with Gasteiger partial charge in [-0.1, -0.05) is 72.4 Å². The maximum absolute atomic E-state index is 13.3. The summed E-state index contributed by atoms with van der Waals surface area (Å²) in [5.41, 5.74) is 3.30. The average molecular weight is 529 g/mol. The third-order valence-corrected chi connectivity index (χ3v) is 7.73. The number of morpholine rings is 1. The number of carbonyl (C=O) groups is 1. The second kappa shape index (κ2) is 12.1. The van der Waals surface area contributed by atoms with Crippen molar-refractivity contribution in [3.8, 4) is 0 Å². The molecule has 1 saturated heterocycles. The van der Waals surface area contributed by atoms with E-state index in [-0.39, 0.29) is 10.6 Å². The van der Waals surface area contributed by atoms with Gasteiger partial charge in [-0.3, -0.25) is 10.1 Å². The second-order valence-electron chi connectivity index (χ2n) is 8.98. The lowest BCUT2D eigenvalue weighted by Crippen LogP contribution is -2.37. The molecule has 3 aromatic carbocycles. The minimum Gasteiger partial charge on any atom is -0.422 e. The molecule has 5 rings (SSSR count). The number of ether oxygens (including phenoxy) is 2. The fourth-order valence-corrected chi connectivity index (χ4v) is 6.00. The van der Waals surface area contributed by atoms with Crippen LogP contribution in [0.1, 0.15) is 35.2 Å². The summed E-state index contributed by atoms with van der Waals surface area (Å²) in [7, 11) is 0. The van der Waals surface area contributed by atoms with Crippen LogP contribution in [0.15, 0.2) is 106 Å². The maximum atomic E-state index is 13.3. The van der Waals surface area contributed by atoms with Crippen molar-refractivity contribution in [1.29, 1.82) is 0 Å². The Morgan fingerprint density at radius 1 is 0.868 bits per heavy atom. The monoisotopic (exact) mass is 528 g/mol. The number of nitrogens with zero attached hydrogens (tertiary/aromatic N) is 2. The fraction of sp³-hybridized carbons (Fsp3) is 0.233. The van der Waals surface area contributed by atoms with E-state index in [0.717, 1.165) is 41.0 Å². The van der Waals surface area contributed by atoms with Crippen LogP contribution >= 0.6 is 11.8 Å². The minimum atomic E-state index is -0.420. The minimum absolute atomic E-state index is 0.0845. The summed E-state index contributed by atoms with van der Waals surface area (Å²) < 4.78 is 11.8. The lowest BCUT2D eigenvalue weighted by Gasteiger charge is -2.37. The third kappa shape index (κ3) is 5.82. The Bertz CT molecular complexity index is 1370. The predicted molar refractivity (Wildman–Crippen MR) is 147 cm³/mol. The predicted octanol–water partition coefficient (Wildman–Crippen LogP) is 6.68. The zero-order chi connectivity index (χ0) is 26.3. The van der Waals surface area contributed by atoms with Gasteiger partial charge >= 0.3 is 5.97 Å². The number of nitro benzene ring substituents is 1. The Morgan fingerprint density at radius 3 is 2.18 bits per heavy atom. The van der Waals surface area contributed by atoms with Crippen molar-refractivity contribution >= 4 is 29.2 Å². The first-order valence-corrected chi connectivity index (χ1v) is 13.5. The van der Waals surface area contributed by atoms with Crippen LogP contribution in [0.25, 0.3) is 5.76 Å². The van der Waals surface area contributed by atoms with Crippen LogP contribution in [0.5, 0.6) is 0 Å². The quantitative estimate of drug-likeness (QED) is 0.146. The second-order valence-corrected chi connectivity index (χ2v) is 10.1. The molecule has 0 atom stereocenters. The van der Waals surface area contributed by atoms with Crippen molar-refractivity contribution in [2.24, 2.45) is 0 Å². The van der Waals surface area contributed by atoms with Crippen LogP contribution < -0.4 is 0 Å². The van der Waals surface area contributed by atoms with Crippen molar-refractivity contribution < 1.29 is 19.2 Å². The Labute approximate surface area is 225 Å². The number of allylic oxidation sites excluding steroid dienone is 2. The molecule has 1 aliphatic carbocycles. The van der Waals surface area contributed by atoms with Crippen molar-refractivity contribution in [2.45, 2.75) is 24.2 Å². The molecule has 8 heteroatoms. The molecule has 194 valence electrons. The SMILES string of the molecule is O=C(O/C(=C1/CCCC(Sc2ccccc2[N+](=O)[O-])=C1N1CCOCC1)c1ccccc1)c1ccccc1. The topological polar surface area (TPSA) is 81.9 Å². The molecule has 38 heavy (non-hydrogen) atoms. The molecule has 0 aromatic heterocycles. The molecule has 0 unspecified atom stereocenters. The summed E-state index contributed by atoms with van der Waals surface area (Å²) in [6.07, 6.45) is 2.34. The number of nitro groups is 1. The van der Waals surface area contributed by atoms with Gasteiger partial charge in [-0.25, -0.2) is 4.79 Å². The number of carbonyl (C=O) groups excluding carboxylic acids is 1. The zero-order valence-corrected chi connectivity index (χ0v) is 21.7. The first kappa shape index (κ1) is 25.8. The van der Waals surface area contributed by atoms with Gasteiger partial charge in [-0.2, -0.15) is 0 Å². The third-order valence-electron chi connectivity index (χ3n) is 6.52. The van der Waals surface area contributed by atoms with Crippen LogP contribution in [0.4, 0.5) is 5.69 Å². The number of thioether (sulfide) groups is 1.